The number of aryl methyl sites for hydroxylation is 1. The fourth-order valence-corrected chi connectivity index (χ4v) is 2.18. The summed E-state index contributed by atoms with van der Waals surface area (Å²) >= 11 is 0. The highest BCUT2D eigenvalue weighted by atomic mass is 16.5. The van der Waals surface area contributed by atoms with Crippen molar-refractivity contribution in [3.63, 3.8) is 0 Å². The van der Waals surface area contributed by atoms with Gasteiger partial charge in [-0.05, 0) is 42.3 Å². The lowest BCUT2D eigenvalue weighted by molar-refractivity contribution is -0.115. The zero-order chi connectivity index (χ0) is 18.2. The normalized spacial score (nSPS) is 10.0. The summed E-state index contributed by atoms with van der Waals surface area (Å²) in [6, 6.07) is 12.6. The molecule has 6 nitrogen and oxygen atoms in total. The molecule has 0 aliphatic rings. The number of amides is 3. The number of methoxy groups -OCH3 is 1. The predicted octanol–water partition coefficient (Wildman–Crippen LogP) is 3.67. The molecule has 2 rings (SSSR count). The van der Waals surface area contributed by atoms with Crippen LogP contribution in [0.15, 0.2) is 42.5 Å². The molecule has 25 heavy (non-hydrogen) atoms. The summed E-state index contributed by atoms with van der Waals surface area (Å²) in [5.41, 5.74) is 3.19. The van der Waals surface area contributed by atoms with Crippen molar-refractivity contribution >= 4 is 23.3 Å². The van der Waals surface area contributed by atoms with Crippen LogP contribution in [0.3, 0.4) is 0 Å². The Kier molecular flexibility index (Phi) is 6.39. The molecule has 0 aliphatic carbocycles. The number of benzene rings is 2. The molecule has 0 radical (unpaired) electrons. The number of urea groups is 1. The minimum atomic E-state index is -0.308. The molecule has 3 N–H and O–H groups in total. The van der Waals surface area contributed by atoms with Gasteiger partial charge in [0.25, 0.3) is 0 Å². The van der Waals surface area contributed by atoms with Crippen LogP contribution >= 0.6 is 0 Å². The lowest BCUT2D eigenvalue weighted by Gasteiger charge is -2.12. The van der Waals surface area contributed by atoms with Crippen LogP contribution < -0.4 is 20.7 Å². The van der Waals surface area contributed by atoms with Crippen LogP contribution in [-0.4, -0.2) is 19.0 Å². The molecule has 0 saturated carbocycles. The maximum absolute atomic E-state index is 12.1. The Hall–Kier alpha value is -3.02. The standard InChI is InChI=1S/C19H23N3O3/c1-4-18(23)21-15-8-5-13(2)17(11-15)22-19(24)20-12-14-6-9-16(25-3)10-7-14/h5-11H,4,12H2,1-3H3,(H,21,23)(H2,20,22,24). The van der Waals surface area contributed by atoms with E-state index in [1.54, 1.807) is 20.1 Å². The molecule has 132 valence electrons. The van der Waals surface area contributed by atoms with Gasteiger partial charge in [0.15, 0.2) is 0 Å². The van der Waals surface area contributed by atoms with Gasteiger partial charge in [-0.2, -0.15) is 0 Å². The third-order valence-electron chi connectivity index (χ3n) is 3.70. The number of carbonyl (C=O) groups excluding carboxylic acids is 2. The number of ether oxygens (including phenoxy) is 1. The van der Waals surface area contributed by atoms with Gasteiger partial charge < -0.3 is 20.7 Å². The van der Waals surface area contributed by atoms with E-state index in [-0.39, 0.29) is 11.9 Å². The van der Waals surface area contributed by atoms with E-state index in [4.69, 9.17) is 4.74 Å². The zero-order valence-corrected chi connectivity index (χ0v) is 14.7. The van der Waals surface area contributed by atoms with E-state index in [2.05, 4.69) is 16.0 Å². The second-order valence-corrected chi connectivity index (χ2v) is 5.59. The van der Waals surface area contributed by atoms with Crippen LogP contribution in [0.5, 0.6) is 5.75 Å². The summed E-state index contributed by atoms with van der Waals surface area (Å²) in [6.07, 6.45) is 0.402. The van der Waals surface area contributed by atoms with Crippen LogP contribution in [0.1, 0.15) is 24.5 Å². The second-order valence-electron chi connectivity index (χ2n) is 5.59. The Morgan fingerprint density at radius 2 is 1.76 bits per heavy atom. The van der Waals surface area contributed by atoms with Crippen molar-refractivity contribution in [3.05, 3.63) is 53.6 Å². The van der Waals surface area contributed by atoms with Crippen LogP contribution in [0, 0.1) is 6.92 Å². The van der Waals surface area contributed by atoms with Gasteiger partial charge in [0.1, 0.15) is 5.75 Å². The van der Waals surface area contributed by atoms with Gasteiger partial charge in [-0.25, -0.2) is 4.79 Å². The summed E-state index contributed by atoms with van der Waals surface area (Å²) in [5.74, 6) is 0.702. The van der Waals surface area contributed by atoms with E-state index < -0.39 is 0 Å². The molecule has 0 aromatic heterocycles. The summed E-state index contributed by atoms with van der Waals surface area (Å²) in [6.45, 7) is 4.08. The summed E-state index contributed by atoms with van der Waals surface area (Å²) in [7, 11) is 1.61. The molecule has 0 unspecified atom stereocenters. The number of anilines is 2. The third-order valence-corrected chi connectivity index (χ3v) is 3.70. The molecule has 2 aromatic rings. The molecule has 0 saturated heterocycles. The van der Waals surface area contributed by atoms with Crippen molar-refractivity contribution in [3.8, 4) is 5.75 Å². The highest BCUT2D eigenvalue weighted by molar-refractivity contribution is 5.94. The van der Waals surface area contributed by atoms with Crippen LogP contribution in [0.25, 0.3) is 0 Å². The van der Waals surface area contributed by atoms with E-state index in [9.17, 15) is 9.59 Å². The molecule has 0 aliphatic heterocycles. The van der Waals surface area contributed by atoms with E-state index in [1.165, 1.54) is 0 Å². The quantitative estimate of drug-likeness (QED) is 0.750. The number of hydrogen-bond acceptors (Lipinski definition) is 3. The fraction of sp³-hybridized carbons (Fsp3) is 0.263. The van der Waals surface area contributed by atoms with E-state index in [1.807, 2.05) is 43.3 Å². The number of nitrogens with one attached hydrogen (secondary N) is 3. The van der Waals surface area contributed by atoms with E-state index >= 15 is 0 Å². The molecule has 0 heterocycles. The van der Waals surface area contributed by atoms with E-state index in [0.29, 0.717) is 24.3 Å². The van der Waals surface area contributed by atoms with Crippen molar-refractivity contribution in [1.82, 2.24) is 5.32 Å². The molecule has 0 fully saturated rings. The van der Waals surface area contributed by atoms with E-state index in [0.717, 1.165) is 16.9 Å². The lowest BCUT2D eigenvalue weighted by atomic mass is 10.1. The Morgan fingerprint density at radius 1 is 1.04 bits per heavy atom. The number of carbonyl (C=O) groups is 2. The smallest absolute Gasteiger partial charge is 0.319 e. The molecule has 6 heteroatoms. The van der Waals surface area contributed by atoms with Crippen molar-refractivity contribution in [2.45, 2.75) is 26.8 Å². The first-order chi connectivity index (χ1) is 12.0. The zero-order valence-electron chi connectivity index (χ0n) is 14.7. The first-order valence-corrected chi connectivity index (χ1v) is 8.10. The highest BCUT2D eigenvalue weighted by Crippen LogP contribution is 2.20. The lowest BCUT2D eigenvalue weighted by Crippen LogP contribution is -2.28. The van der Waals surface area contributed by atoms with Gasteiger partial charge in [-0.15, -0.1) is 0 Å². The van der Waals surface area contributed by atoms with Crippen molar-refractivity contribution in [2.24, 2.45) is 0 Å². The average Bonchev–Trinajstić information content (AvgIpc) is 2.63. The Balaban J connectivity index is 1.94. The van der Waals surface area contributed by atoms with Gasteiger partial charge in [-0.1, -0.05) is 25.1 Å². The SMILES string of the molecule is CCC(=O)Nc1ccc(C)c(NC(=O)NCc2ccc(OC)cc2)c1. The molecule has 0 atom stereocenters. The fourth-order valence-electron chi connectivity index (χ4n) is 2.18. The summed E-state index contributed by atoms with van der Waals surface area (Å²) in [5, 5.41) is 8.39. The maximum Gasteiger partial charge on any atom is 0.319 e. The first kappa shape index (κ1) is 18.3. The van der Waals surface area contributed by atoms with Gasteiger partial charge in [0.2, 0.25) is 5.91 Å². The molecule has 3 amide bonds. The average molecular weight is 341 g/mol. The van der Waals surface area contributed by atoms with Crippen molar-refractivity contribution in [1.29, 1.82) is 0 Å². The van der Waals surface area contributed by atoms with Crippen molar-refractivity contribution in [2.75, 3.05) is 17.7 Å². The minimum Gasteiger partial charge on any atom is -0.497 e. The van der Waals surface area contributed by atoms with Crippen LogP contribution in [0.4, 0.5) is 16.2 Å². The molecular formula is C19H23N3O3. The predicted molar refractivity (Wildman–Crippen MR) is 99.0 cm³/mol. The van der Waals surface area contributed by atoms with Gasteiger partial charge in [0, 0.05) is 24.3 Å². The summed E-state index contributed by atoms with van der Waals surface area (Å²) < 4.78 is 5.10. The van der Waals surface area contributed by atoms with Gasteiger partial charge in [0.05, 0.1) is 7.11 Å². The second kappa shape index (κ2) is 8.73. The molecule has 2 aromatic carbocycles. The topological polar surface area (TPSA) is 79.5 Å². The first-order valence-electron chi connectivity index (χ1n) is 8.10. The monoisotopic (exact) mass is 341 g/mol. The Morgan fingerprint density at radius 3 is 2.40 bits per heavy atom. The van der Waals surface area contributed by atoms with Gasteiger partial charge in [-0.3, -0.25) is 4.79 Å². The molecule has 0 spiro atoms. The number of hydrogen-bond donors (Lipinski definition) is 3. The highest BCUT2D eigenvalue weighted by Gasteiger charge is 2.07. The Bertz CT molecular complexity index is 742. The largest absolute Gasteiger partial charge is 0.497 e. The molecular weight excluding hydrogens is 318 g/mol. The Labute approximate surface area is 147 Å². The third kappa shape index (κ3) is 5.53. The molecule has 0 bridgehead atoms. The minimum absolute atomic E-state index is 0.0706. The number of rotatable bonds is 6. The van der Waals surface area contributed by atoms with Crippen LogP contribution in [-0.2, 0) is 11.3 Å². The summed E-state index contributed by atoms with van der Waals surface area (Å²) in [4.78, 5) is 23.6. The van der Waals surface area contributed by atoms with Crippen molar-refractivity contribution < 1.29 is 14.3 Å². The van der Waals surface area contributed by atoms with Gasteiger partial charge >= 0.3 is 6.03 Å². The van der Waals surface area contributed by atoms with Crippen LogP contribution in [0.2, 0.25) is 0 Å². The maximum atomic E-state index is 12.1.